The first kappa shape index (κ1) is 17.8. The van der Waals surface area contributed by atoms with E-state index in [4.69, 9.17) is 9.47 Å². The van der Waals surface area contributed by atoms with Crippen molar-refractivity contribution < 1.29 is 14.3 Å². The summed E-state index contributed by atoms with van der Waals surface area (Å²) in [7, 11) is 3.08. The van der Waals surface area contributed by atoms with Gasteiger partial charge in [-0.1, -0.05) is 0 Å². The number of nitrogens with one attached hydrogen (secondary N) is 2. The molecule has 8 heteroatoms. The molecule has 1 aliphatic rings. The lowest BCUT2D eigenvalue weighted by Gasteiger charge is -2.12. The van der Waals surface area contributed by atoms with Crippen LogP contribution in [0.3, 0.4) is 0 Å². The number of nitrogens with zero attached hydrogens (tertiary/aromatic N) is 2. The van der Waals surface area contributed by atoms with Crippen LogP contribution >= 0.6 is 0 Å². The van der Waals surface area contributed by atoms with E-state index in [1.54, 1.807) is 37.7 Å². The summed E-state index contributed by atoms with van der Waals surface area (Å²) in [5.41, 5.74) is 1.35. The SMILES string of the molecule is COc1ccc(NC(=O)NCCn2cnc(C3CC3)cc2=O)cc1OC. The molecule has 2 amide bonds. The van der Waals surface area contributed by atoms with Crippen LogP contribution in [0.15, 0.2) is 35.4 Å². The molecule has 1 aromatic heterocycles. The Morgan fingerprint density at radius 2 is 2.00 bits per heavy atom. The highest BCUT2D eigenvalue weighted by Gasteiger charge is 2.25. The van der Waals surface area contributed by atoms with E-state index in [0.717, 1.165) is 18.5 Å². The Labute approximate surface area is 151 Å². The highest BCUT2D eigenvalue weighted by atomic mass is 16.5. The predicted molar refractivity (Wildman–Crippen MR) is 97.0 cm³/mol. The molecule has 0 atom stereocenters. The Morgan fingerprint density at radius 3 is 2.65 bits per heavy atom. The molecule has 1 aliphatic carbocycles. The van der Waals surface area contributed by atoms with Crippen LogP contribution in [0.2, 0.25) is 0 Å². The van der Waals surface area contributed by atoms with Crippen LogP contribution in [-0.4, -0.2) is 36.3 Å². The third-order valence-corrected chi connectivity index (χ3v) is 4.18. The molecular weight excluding hydrogens is 336 g/mol. The molecule has 0 unspecified atom stereocenters. The minimum Gasteiger partial charge on any atom is -0.493 e. The van der Waals surface area contributed by atoms with Crippen molar-refractivity contribution in [1.82, 2.24) is 14.9 Å². The number of amides is 2. The lowest BCUT2D eigenvalue weighted by Crippen LogP contribution is -2.33. The lowest BCUT2D eigenvalue weighted by atomic mass is 10.3. The Kier molecular flexibility index (Phi) is 5.40. The third kappa shape index (κ3) is 4.33. The van der Waals surface area contributed by atoms with Crippen LogP contribution in [0.25, 0.3) is 0 Å². The number of rotatable bonds is 7. The number of anilines is 1. The monoisotopic (exact) mass is 358 g/mol. The number of carbonyl (C=O) groups is 1. The lowest BCUT2D eigenvalue weighted by molar-refractivity contribution is 0.251. The second-order valence-electron chi connectivity index (χ2n) is 6.07. The fourth-order valence-electron chi connectivity index (χ4n) is 2.59. The van der Waals surface area contributed by atoms with Gasteiger partial charge >= 0.3 is 6.03 Å². The first-order valence-electron chi connectivity index (χ1n) is 8.44. The maximum absolute atomic E-state index is 12.0. The van der Waals surface area contributed by atoms with Crippen LogP contribution in [0.5, 0.6) is 11.5 Å². The van der Waals surface area contributed by atoms with E-state index in [0.29, 0.717) is 36.2 Å². The maximum Gasteiger partial charge on any atom is 0.319 e. The second-order valence-corrected chi connectivity index (χ2v) is 6.07. The van der Waals surface area contributed by atoms with Gasteiger partial charge in [-0.2, -0.15) is 0 Å². The average molecular weight is 358 g/mol. The largest absolute Gasteiger partial charge is 0.493 e. The number of methoxy groups -OCH3 is 2. The van der Waals surface area contributed by atoms with Crippen molar-refractivity contribution in [3.8, 4) is 11.5 Å². The molecule has 2 N–H and O–H groups in total. The Bertz CT molecular complexity index is 845. The van der Waals surface area contributed by atoms with Crippen LogP contribution in [0.1, 0.15) is 24.5 Å². The van der Waals surface area contributed by atoms with Gasteiger partial charge in [0.1, 0.15) is 0 Å². The normalized spacial score (nSPS) is 13.2. The van der Waals surface area contributed by atoms with Crippen molar-refractivity contribution in [3.05, 3.63) is 46.6 Å². The van der Waals surface area contributed by atoms with Gasteiger partial charge in [0.05, 0.1) is 26.2 Å². The molecular formula is C18H22N4O4. The van der Waals surface area contributed by atoms with E-state index in [2.05, 4.69) is 15.6 Å². The number of urea groups is 1. The summed E-state index contributed by atoms with van der Waals surface area (Å²) in [5.74, 6) is 1.56. The van der Waals surface area contributed by atoms with Gasteiger partial charge in [0.15, 0.2) is 11.5 Å². The standard InChI is InChI=1S/C18H22N4O4/c1-25-15-6-5-13(9-16(15)26-2)21-18(24)19-7-8-22-11-20-14(10-17(22)23)12-3-4-12/h5-6,9-12H,3-4,7-8H2,1-2H3,(H2,19,21,24). The van der Waals surface area contributed by atoms with Crippen molar-refractivity contribution in [3.63, 3.8) is 0 Å². The van der Waals surface area contributed by atoms with E-state index in [1.165, 1.54) is 11.7 Å². The summed E-state index contributed by atoms with van der Waals surface area (Å²) in [6.45, 7) is 0.666. The summed E-state index contributed by atoms with van der Waals surface area (Å²) in [5, 5.41) is 5.43. The molecule has 1 saturated carbocycles. The third-order valence-electron chi connectivity index (χ3n) is 4.18. The number of carbonyl (C=O) groups excluding carboxylic acids is 1. The van der Waals surface area contributed by atoms with E-state index < -0.39 is 0 Å². The molecule has 138 valence electrons. The highest BCUT2D eigenvalue weighted by molar-refractivity contribution is 5.89. The smallest absolute Gasteiger partial charge is 0.319 e. The first-order chi connectivity index (χ1) is 12.6. The molecule has 2 aromatic rings. The molecule has 8 nitrogen and oxygen atoms in total. The van der Waals surface area contributed by atoms with Crippen molar-refractivity contribution >= 4 is 11.7 Å². The van der Waals surface area contributed by atoms with Gasteiger partial charge in [-0.05, 0) is 25.0 Å². The summed E-state index contributed by atoms with van der Waals surface area (Å²) >= 11 is 0. The molecule has 3 rings (SSSR count). The average Bonchev–Trinajstić information content (AvgIpc) is 3.48. The predicted octanol–water partition coefficient (Wildman–Crippen LogP) is 1.96. The van der Waals surface area contributed by atoms with E-state index in [9.17, 15) is 9.59 Å². The van der Waals surface area contributed by atoms with Crippen molar-refractivity contribution in [1.29, 1.82) is 0 Å². The van der Waals surface area contributed by atoms with Gasteiger partial charge in [0.2, 0.25) is 0 Å². The maximum atomic E-state index is 12.0. The van der Waals surface area contributed by atoms with Crippen LogP contribution < -0.4 is 25.7 Å². The molecule has 1 fully saturated rings. The fraction of sp³-hybridized carbons (Fsp3) is 0.389. The number of hydrogen-bond donors (Lipinski definition) is 2. The van der Waals surface area contributed by atoms with Crippen LogP contribution in [0.4, 0.5) is 10.5 Å². The Hall–Kier alpha value is -3.03. The molecule has 0 bridgehead atoms. The second kappa shape index (κ2) is 7.90. The number of hydrogen-bond acceptors (Lipinski definition) is 5. The van der Waals surface area contributed by atoms with Crippen molar-refractivity contribution in [2.45, 2.75) is 25.3 Å². The molecule has 1 aromatic carbocycles. The molecule has 1 heterocycles. The zero-order valence-corrected chi connectivity index (χ0v) is 14.8. The van der Waals surface area contributed by atoms with E-state index in [1.807, 2.05) is 0 Å². The molecule has 0 radical (unpaired) electrons. The van der Waals surface area contributed by atoms with Crippen LogP contribution in [-0.2, 0) is 6.54 Å². The minimum absolute atomic E-state index is 0.0935. The van der Waals surface area contributed by atoms with E-state index >= 15 is 0 Å². The van der Waals surface area contributed by atoms with E-state index in [-0.39, 0.29) is 11.6 Å². The van der Waals surface area contributed by atoms with Crippen molar-refractivity contribution in [2.75, 3.05) is 26.1 Å². The zero-order chi connectivity index (χ0) is 18.5. The number of ether oxygens (including phenoxy) is 2. The molecule has 0 saturated heterocycles. The fourth-order valence-corrected chi connectivity index (χ4v) is 2.59. The molecule has 26 heavy (non-hydrogen) atoms. The van der Waals surface area contributed by atoms with Crippen molar-refractivity contribution in [2.24, 2.45) is 0 Å². The topological polar surface area (TPSA) is 94.5 Å². The quantitative estimate of drug-likeness (QED) is 0.789. The zero-order valence-electron chi connectivity index (χ0n) is 14.8. The first-order valence-corrected chi connectivity index (χ1v) is 8.44. The summed E-state index contributed by atoms with van der Waals surface area (Å²) in [6, 6.07) is 6.31. The minimum atomic E-state index is -0.368. The Morgan fingerprint density at radius 1 is 1.23 bits per heavy atom. The highest BCUT2D eigenvalue weighted by Crippen LogP contribution is 2.38. The Balaban J connectivity index is 1.50. The number of aromatic nitrogens is 2. The van der Waals surface area contributed by atoms with Gasteiger partial charge in [0.25, 0.3) is 5.56 Å². The van der Waals surface area contributed by atoms with Gasteiger partial charge in [-0.3, -0.25) is 9.36 Å². The van der Waals surface area contributed by atoms with Gasteiger partial charge in [-0.15, -0.1) is 0 Å². The van der Waals surface area contributed by atoms with Gasteiger partial charge in [-0.25, -0.2) is 9.78 Å². The summed E-state index contributed by atoms with van der Waals surface area (Å²) in [4.78, 5) is 28.3. The summed E-state index contributed by atoms with van der Waals surface area (Å²) < 4.78 is 11.8. The number of benzene rings is 1. The van der Waals surface area contributed by atoms with Crippen LogP contribution in [0, 0.1) is 0 Å². The van der Waals surface area contributed by atoms with Gasteiger partial charge < -0.3 is 20.1 Å². The molecule has 0 spiro atoms. The molecule has 0 aliphatic heterocycles. The summed E-state index contributed by atoms with van der Waals surface area (Å²) in [6.07, 6.45) is 3.76. The van der Waals surface area contributed by atoms with Gasteiger partial charge in [0, 0.05) is 36.8 Å².